The third-order valence-electron chi connectivity index (χ3n) is 2.53. The van der Waals surface area contributed by atoms with Crippen molar-refractivity contribution in [2.24, 2.45) is 5.73 Å². The van der Waals surface area contributed by atoms with Gasteiger partial charge in [-0.25, -0.2) is 0 Å². The summed E-state index contributed by atoms with van der Waals surface area (Å²) in [4.78, 5) is 0. The summed E-state index contributed by atoms with van der Waals surface area (Å²) in [5.74, 6) is 0. The maximum absolute atomic E-state index is 5.59. The molecule has 0 unspecified atom stereocenters. The van der Waals surface area contributed by atoms with E-state index in [-0.39, 0.29) is 0 Å². The van der Waals surface area contributed by atoms with Crippen LogP contribution in [0.15, 0.2) is 36.7 Å². The van der Waals surface area contributed by atoms with Crippen molar-refractivity contribution < 1.29 is 0 Å². The monoisotopic (exact) mass is 201 g/mol. The minimum absolute atomic E-state index is 0.600. The molecule has 0 saturated carbocycles. The fourth-order valence-corrected chi connectivity index (χ4v) is 1.63. The van der Waals surface area contributed by atoms with Gasteiger partial charge in [-0.3, -0.25) is 4.68 Å². The Bertz CT molecular complexity index is 432. The topological polar surface area (TPSA) is 43.8 Å². The molecule has 0 atom stereocenters. The number of hydrogen-bond donors (Lipinski definition) is 1. The second-order valence-corrected chi connectivity index (χ2v) is 3.67. The number of nitrogens with two attached hydrogens (primary N) is 1. The van der Waals surface area contributed by atoms with Crippen molar-refractivity contribution in [3.05, 3.63) is 53.3 Å². The van der Waals surface area contributed by atoms with Crippen LogP contribution in [0.1, 0.15) is 16.7 Å². The first kappa shape index (κ1) is 9.93. The quantitative estimate of drug-likeness (QED) is 0.821. The van der Waals surface area contributed by atoms with Crippen LogP contribution in [-0.2, 0) is 13.1 Å². The van der Waals surface area contributed by atoms with Gasteiger partial charge in [0.15, 0.2) is 0 Å². The summed E-state index contributed by atoms with van der Waals surface area (Å²) in [5.41, 5.74) is 9.32. The Hall–Kier alpha value is -1.61. The highest BCUT2D eigenvalue weighted by Crippen LogP contribution is 2.11. The second-order valence-electron chi connectivity index (χ2n) is 3.67. The van der Waals surface area contributed by atoms with Gasteiger partial charge < -0.3 is 5.73 Å². The Morgan fingerprint density at radius 3 is 2.87 bits per heavy atom. The molecule has 0 aliphatic carbocycles. The van der Waals surface area contributed by atoms with E-state index in [0.717, 1.165) is 6.54 Å². The average Bonchev–Trinajstić information content (AvgIpc) is 2.74. The van der Waals surface area contributed by atoms with Crippen molar-refractivity contribution in [3.63, 3.8) is 0 Å². The van der Waals surface area contributed by atoms with Gasteiger partial charge in [0.05, 0.1) is 6.54 Å². The largest absolute Gasteiger partial charge is 0.326 e. The molecular weight excluding hydrogens is 186 g/mol. The molecule has 78 valence electrons. The number of aryl methyl sites for hydroxylation is 1. The first-order chi connectivity index (χ1) is 7.29. The van der Waals surface area contributed by atoms with Crippen molar-refractivity contribution in [2.75, 3.05) is 0 Å². The van der Waals surface area contributed by atoms with E-state index in [0.29, 0.717) is 6.54 Å². The van der Waals surface area contributed by atoms with Crippen LogP contribution in [0, 0.1) is 6.92 Å². The normalized spacial score (nSPS) is 10.5. The van der Waals surface area contributed by atoms with E-state index in [1.165, 1.54) is 16.7 Å². The van der Waals surface area contributed by atoms with Crippen LogP contribution < -0.4 is 5.73 Å². The van der Waals surface area contributed by atoms with E-state index in [9.17, 15) is 0 Å². The van der Waals surface area contributed by atoms with Crippen LogP contribution in [0.25, 0.3) is 0 Å². The highest BCUT2D eigenvalue weighted by molar-refractivity contribution is 5.31. The fraction of sp³-hybridized carbons (Fsp3) is 0.250. The molecule has 1 aromatic carbocycles. The highest BCUT2D eigenvalue weighted by Gasteiger charge is 2.00. The van der Waals surface area contributed by atoms with Crippen LogP contribution in [0.4, 0.5) is 0 Å². The van der Waals surface area contributed by atoms with E-state index in [2.05, 4.69) is 30.2 Å². The van der Waals surface area contributed by atoms with Crippen LogP contribution in [-0.4, -0.2) is 9.78 Å². The zero-order chi connectivity index (χ0) is 10.7. The number of benzene rings is 1. The van der Waals surface area contributed by atoms with Crippen molar-refractivity contribution in [1.29, 1.82) is 0 Å². The molecule has 1 aromatic heterocycles. The fourth-order valence-electron chi connectivity index (χ4n) is 1.63. The first-order valence-electron chi connectivity index (χ1n) is 5.05. The molecule has 2 rings (SSSR count). The van der Waals surface area contributed by atoms with E-state index in [1.807, 2.05) is 16.9 Å². The molecule has 15 heavy (non-hydrogen) atoms. The lowest BCUT2D eigenvalue weighted by atomic mass is 10.1. The lowest BCUT2D eigenvalue weighted by molar-refractivity contribution is 0.683. The maximum Gasteiger partial charge on any atom is 0.0661 e. The molecule has 0 radical (unpaired) electrons. The predicted octanol–water partition coefficient (Wildman–Crippen LogP) is 1.70. The SMILES string of the molecule is Cc1cc(CN)ccc1Cn1cccn1. The van der Waals surface area contributed by atoms with Gasteiger partial charge in [0.2, 0.25) is 0 Å². The number of aromatic nitrogens is 2. The highest BCUT2D eigenvalue weighted by atomic mass is 15.3. The van der Waals surface area contributed by atoms with Crippen LogP contribution >= 0.6 is 0 Å². The van der Waals surface area contributed by atoms with Gasteiger partial charge in [-0.1, -0.05) is 18.2 Å². The van der Waals surface area contributed by atoms with Gasteiger partial charge in [-0.05, 0) is 29.7 Å². The number of hydrogen-bond acceptors (Lipinski definition) is 2. The Labute approximate surface area is 89.5 Å². The molecule has 3 heteroatoms. The molecule has 0 fully saturated rings. The standard InChI is InChI=1S/C12H15N3/c1-10-7-11(8-13)3-4-12(10)9-15-6-2-5-14-15/h2-7H,8-9,13H2,1H3. The van der Waals surface area contributed by atoms with Crippen molar-refractivity contribution in [1.82, 2.24) is 9.78 Å². The van der Waals surface area contributed by atoms with E-state index in [4.69, 9.17) is 5.73 Å². The molecule has 0 bridgehead atoms. The zero-order valence-electron chi connectivity index (χ0n) is 8.85. The average molecular weight is 201 g/mol. The number of nitrogens with zero attached hydrogens (tertiary/aromatic N) is 2. The third-order valence-corrected chi connectivity index (χ3v) is 2.53. The molecule has 2 N–H and O–H groups in total. The lowest BCUT2D eigenvalue weighted by Crippen LogP contribution is -2.03. The summed E-state index contributed by atoms with van der Waals surface area (Å²) in [5, 5.41) is 4.19. The van der Waals surface area contributed by atoms with Crippen molar-refractivity contribution in [3.8, 4) is 0 Å². The molecule has 0 amide bonds. The summed E-state index contributed by atoms with van der Waals surface area (Å²) in [7, 11) is 0. The summed E-state index contributed by atoms with van der Waals surface area (Å²) in [6, 6.07) is 8.27. The maximum atomic E-state index is 5.59. The predicted molar refractivity (Wildman–Crippen MR) is 60.4 cm³/mol. The molecule has 0 spiro atoms. The zero-order valence-corrected chi connectivity index (χ0v) is 8.85. The second kappa shape index (κ2) is 4.28. The Kier molecular flexibility index (Phi) is 2.83. The summed E-state index contributed by atoms with van der Waals surface area (Å²) >= 11 is 0. The lowest BCUT2D eigenvalue weighted by Gasteiger charge is -2.07. The van der Waals surface area contributed by atoms with E-state index < -0.39 is 0 Å². The van der Waals surface area contributed by atoms with Crippen molar-refractivity contribution in [2.45, 2.75) is 20.0 Å². The third kappa shape index (κ3) is 2.25. The molecule has 1 heterocycles. The van der Waals surface area contributed by atoms with E-state index in [1.54, 1.807) is 6.20 Å². The molecule has 0 saturated heterocycles. The molecule has 0 aliphatic rings. The molecule has 3 nitrogen and oxygen atoms in total. The summed E-state index contributed by atoms with van der Waals surface area (Å²) < 4.78 is 1.92. The molecular formula is C12H15N3. The van der Waals surface area contributed by atoms with Crippen LogP contribution in [0.3, 0.4) is 0 Å². The van der Waals surface area contributed by atoms with Crippen LogP contribution in [0.5, 0.6) is 0 Å². The molecule has 0 aliphatic heterocycles. The smallest absolute Gasteiger partial charge is 0.0661 e. The van der Waals surface area contributed by atoms with Gasteiger partial charge in [0, 0.05) is 18.9 Å². The van der Waals surface area contributed by atoms with Gasteiger partial charge in [-0.15, -0.1) is 0 Å². The number of rotatable bonds is 3. The minimum atomic E-state index is 0.600. The van der Waals surface area contributed by atoms with Crippen LogP contribution in [0.2, 0.25) is 0 Å². The van der Waals surface area contributed by atoms with Gasteiger partial charge in [-0.2, -0.15) is 5.10 Å². The Morgan fingerprint density at radius 1 is 1.40 bits per heavy atom. The van der Waals surface area contributed by atoms with E-state index >= 15 is 0 Å². The Morgan fingerprint density at radius 2 is 2.27 bits per heavy atom. The van der Waals surface area contributed by atoms with Gasteiger partial charge in [0.1, 0.15) is 0 Å². The van der Waals surface area contributed by atoms with Gasteiger partial charge >= 0.3 is 0 Å². The minimum Gasteiger partial charge on any atom is -0.326 e. The summed E-state index contributed by atoms with van der Waals surface area (Å²) in [6.45, 7) is 3.53. The summed E-state index contributed by atoms with van der Waals surface area (Å²) in [6.07, 6.45) is 3.76. The van der Waals surface area contributed by atoms with Crippen molar-refractivity contribution >= 4 is 0 Å². The Balaban J connectivity index is 2.22. The van der Waals surface area contributed by atoms with Gasteiger partial charge in [0.25, 0.3) is 0 Å². The molecule has 2 aromatic rings. The first-order valence-corrected chi connectivity index (χ1v) is 5.05.